The Bertz CT molecular complexity index is 571. The average Bonchev–Trinajstić information content (AvgIpc) is 2.28. The number of hydrogen-bond donors (Lipinski definition) is 1. The molecule has 0 unspecified atom stereocenters. The number of phenols is 1. The summed E-state index contributed by atoms with van der Waals surface area (Å²) in [5.74, 6) is 0.354. The molecule has 0 saturated heterocycles. The van der Waals surface area contributed by atoms with Gasteiger partial charge in [-0.2, -0.15) is 0 Å². The lowest BCUT2D eigenvalue weighted by atomic mass is 10.0. The fourth-order valence-electron chi connectivity index (χ4n) is 1.76. The van der Waals surface area contributed by atoms with Crippen LogP contribution in [0.1, 0.15) is 16.7 Å². The van der Waals surface area contributed by atoms with Crippen molar-refractivity contribution in [3.05, 3.63) is 57.7 Å². The lowest BCUT2D eigenvalue weighted by Gasteiger charge is -2.10. The lowest BCUT2D eigenvalue weighted by molar-refractivity contribution is 0.471. The Labute approximate surface area is 148 Å². The van der Waals surface area contributed by atoms with Gasteiger partial charge in [-0.05, 0) is 122 Å². The van der Waals surface area contributed by atoms with Crippen LogP contribution in [0.5, 0.6) is 5.75 Å². The Balaban J connectivity index is 2.37. The van der Waals surface area contributed by atoms with Gasteiger partial charge in [-0.3, -0.25) is 0 Å². The Morgan fingerprint density at radius 2 is 1.56 bits per heavy atom. The standard InChI is InChI=1S/C14H11I3O/c1-8-4-11(15)10(12(16)5-8)6-9-2-3-14(18)13(17)7-9/h2-5,7,18H,6H2,1H3. The first-order valence-electron chi connectivity index (χ1n) is 5.39. The molecule has 0 saturated carbocycles. The van der Waals surface area contributed by atoms with Gasteiger partial charge < -0.3 is 5.11 Å². The van der Waals surface area contributed by atoms with Gasteiger partial charge in [-0.1, -0.05) is 6.07 Å². The molecule has 0 radical (unpaired) electrons. The molecule has 94 valence electrons. The highest BCUT2D eigenvalue weighted by Gasteiger charge is 2.08. The van der Waals surface area contributed by atoms with Gasteiger partial charge >= 0.3 is 0 Å². The van der Waals surface area contributed by atoms with E-state index in [2.05, 4.69) is 86.8 Å². The van der Waals surface area contributed by atoms with Crippen molar-refractivity contribution in [2.24, 2.45) is 0 Å². The highest BCUT2D eigenvalue weighted by molar-refractivity contribution is 14.1. The molecule has 2 aromatic rings. The summed E-state index contributed by atoms with van der Waals surface area (Å²) in [4.78, 5) is 0. The molecular formula is C14H11I3O. The topological polar surface area (TPSA) is 20.2 Å². The van der Waals surface area contributed by atoms with Crippen LogP contribution >= 0.6 is 67.8 Å². The van der Waals surface area contributed by atoms with Crippen LogP contribution in [-0.4, -0.2) is 5.11 Å². The fourth-order valence-corrected chi connectivity index (χ4v) is 4.80. The smallest absolute Gasteiger partial charge is 0.128 e. The number of hydrogen-bond acceptors (Lipinski definition) is 1. The maximum Gasteiger partial charge on any atom is 0.128 e. The number of phenolic OH excluding ortho intramolecular Hbond substituents is 1. The average molecular weight is 576 g/mol. The quantitative estimate of drug-likeness (QED) is 0.494. The van der Waals surface area contributed by atoms with Gasteiger partial charge in [0.15, 0.2) is 0 Å². The predicted molar refractivity (Wildman–Crippen MR) is 100 cm³/mol. The Kier molecular flexibility index (Phi) is 5.15. The lowest BCUT2D eigenvalue weighted by Crippen LogP contribution is -1.97. The largest absolute Gasteiger partial charge is 0.507 e. The van der Waals surface area contributed by atoms with E-state index in [4.69, 9.17) is 0 Å². The van der Waals surface area contributed by atoms with Gasteiger partial charge in [0.1, 0.15) is 5.75 Å². The van der Waals surface area contributed by atoms with Crippen molar-refractivity contribution in [1.29, 1.82) is 0 Å². The molecule has 4 heteroatoms. The van der Waals surface area contributed by atoms with E-state index in [1.165, 1.54) is 23.8 Å². The predicted octanol–water partition coefficient (Wildman–Crippen LogP) is 5.11. The fraction of sp³-hybridized carbons (Fsp3) is 0.143. The molecular weight excluding hydrogens is 565 g/mol. The van der Waals surface area contributed by atoms with Gasteiger partial charge in [0.25, 0.3) is 0 Å². The summed E-state index contributed by atoms with van der Waals surface area (Å²) in [6.45, 7) is 2.12. The third-order valence-corrected chi connectivity index (χ3v) is 5.47. The third kappa shape index (κ3) is 3.50. The summed E-state index contributed by atoms with van der Waals surface area (Å²) in [7, 11) is 0. The molecule has 0 aromatic heterocycles. The van der Waals surface area contributed by atoms with E-state index in [-0.39, 0.29) is 0 Å². The second-order valence-corrected chi connectivity index (χ2v) is 7.66. The summed E-state index contributed by atoms with van der Waals surface area (Å²) in [6, 6.07) is 10.2. The van der Waals surface area contributed by atoms with Crippen molar-refractivity contribution in [2.45, 2.75) is 13.3 Å². The molecule has 0 aliphatic heterocycles. The minimum atomic E-state index is 0.354. The molecule has 0 amide bonds. The minimum Gasteiger partial charge on any atom is -0.507 e. The van der Waals surface area contributed by atoms with E-state index in [0.717, 1.165) is 9.99 Å². The number of halogens is 3. The maximum atomic E-state index is 9.54. The zero-order valence-electron chi connectivity index (χ0n) is 9.67. The number of rotatable bonds is 2. The normalized spacial score (nSPS) is 10.7. The SMILES string of the molecule is Cc1cc(I)c(Cc2ccc(O)c(I)c2)c(I)c1. The Hall–Kier alpha value is 0.430. The second-order valence-electron chi connectivity index (χ2n) is 4.17. The summed E-state index contributed by atoms with van der Waals surface area (Å²) in [6.07, 6.45) is 0.910. The van der Waals surface area contributed by atoms with Crippen LogP contribution < -0.4 is 0 Å². The van der Waals surface area contributed by atoms with Crippen LogP contribution in [0.2, 0.25) is 0 Å². The first kappa shape index (κ1) is 14.8. The maximum absolute atomic E-state index is 9.54. The molecule has 0 aliphatic carbocycles. The highest BCUT2D eigenvalue weighted by Crippen LogP contribution is 2.26. The van der Waals surface area contributed by atoms with Crippen LogP contribution in [0, 0.1) is 17.6 Å². The molecule has 0 bridgehead atoms. The van der Waals surface area contributed by atoms with Crippen LogP contribution in [0.25, 0.3) is 0 Å². The van der Waals surface area contributed by atoms with Crippen molar-refractivity contribution in [3.63, 3.8) is 0 Å². The first-order valence-corrected chi connectivity index (χ1v) is 8.63. The zero-order chi connectivity index (χ0) is 13.3. The van der Waals surface area contributed by atoms with Crippen LogP contribution in [0.3, 0.4) is 0 Å². The van der Waals surface area contributed by atoms with Crippen LogP contribution in [0.15, 0.2) is 30.3 Å². The Morgan fingerprint density at radius 3 is 2.11 bits per heavy atom. The molecule has 0 fully saturated rings. The summed E-state index contributed by atoms with van der Waals surface area (Å²) >= 11 is 6.96. The third-order valence-electron chi connectivity index (χ3n) is 2.68. The monoisotopic (exact) mass is 576 g/mol. The second kappa shape index (κ2) is 6.25. The molecule has 2 rings (SSSR count). The molecule has 0 atom stereocenters. The Morgan fingerprint density at radius 1 is 0.944 bits per heavy atom. The van der Waals surface area contributed by atoms with E-state index in [1.807, 2.05) is 12.1 Å². The van der Waals surface area contributed by atoms with Gasteiger partial charge in [0.05, 0.1) is 3.57 Å². The van der Waals surface area contributed by atoms with Gasteiger partial charge in [-0.15, -0.1) is 0 Å². The van der Waals surface area contributed by atoms with Crippen molar-refractivity contribution >= 4 is 67.8 Å². The first-order chi connectivity index (χ1) is 8.47. The van der Waals surface area contributed by atoms with Crippen LogP contribution in [0.4, 0.5) is 0 Å². The van der Waals surface area contributed by atoms with Gasteiger partial charge in [-0.25, -0.2) is 0 Å². The van der Waals surface area contributed by atoms with Crippen molar-refractivity contribution in [2.75, 3.05) is 0 Å². The minimum absolute atomic E-state index is 0.354. The molecule has 0 aliphatic rings. The van der Waals surface area contributed by atoms with E-state index in [1.54, 1.807) is 6.07 Å². The highest BCUT2D eigenvalue weighted by atomic mass is 127. The molecule has 0 heterocycles. The van der Waals surface area contributed by atoms with Crippen molar-refractivity contribution in [1.82, 2.24) is 0 Å². The van der Waals surface area contributed by atoms with Gasteiger partial charge in [0, 0.05) is 7.14 Å². The number of benzene rings is 2. The summed E-state index contributed by atoms with van der Waals surface area (Å²) in [5, 5.41) is 9.54. The number of aromatic hydroxyl groups is 1. The van der Waals surface area contributed by atoms with E-state index in [0.29, 0.717) is 5.75 Å². The van der Waals surface area contributed by atoms with Crippen molar-refractivity contribution in [3.8, 4) is 5.75 Å². The van der Waals surface area contributed by atoms with Gasteiger partial charge in [0.2, 0.25) is 0 Å². The molecule has 2 aromatic carbocycles. The summed E-state index contributed by atoms with van der Waals surface area (Å²) in [5.41, 5.74) is 3.90. The molecule has 1 nitrogen and oxygen atoms in total. The van der Waals surface area contributed by atoms with E-state index in [9.17, 15) is 5.11 Å². The molecule has 18 heavy (non-hydrogen) atoms. The van der Waals surface area contributed by atoms with E-state index < -0.39 is 0 Å². The number of aryl methyl sites for hydroxylation is 1. The van der Waals surface area contributed by atoms with E-state index >= 15 is 0 Å². The van der Waals surface area contributed by atoms with Crippen molar-refractivity contribution < 1.29 is 5.11 Å². The molecule has 1 N–H and O–H groups in total. The zero-order valence-corrected chi connectivity index (χ0v) is 16.1. The molecule has 0 spiro atoms. The van der Waals surface area contributed by atoms with Crippen LogP contribution in [-0.2, 0) is 6.42 Å². The summed E-state index contributed by atoms with van der Waals surface area (Å²) < 4.78 is 3.52.